The van der Waals surface area contributed by atoms with Crippen molar-refractivity contribution in [2.75, 3.05) is 18.9 Å². The Morgan fingerprint density at radius 2 is 2.10 bits per heavy atom. The van der Waals surface area contributed by atoms with Crippen LogP contribution in [0.25, 0.3) is 10.1 Å². The first-order chi connectivity index (χ1) is 9.49. The Hall–Kier alpha value is -2.08. The van der Waals surface area contributed by atoms with Crippen molar-refractivity contribution in [3.63, 3.8) is 0 Å². The lowest BCUT2D eigenvalue weighted by atomic mass is 10.2. The molecule has 0 bridgehead atoms. The lowest BCUT2D eigenvalue weighted by molar-refractivity contribution is -0.141. The van der Waals surface area contributed by atoms with Crippen molar-refractivity contribution in [1.82, 2.24) is 4.90 Å². The maximum Gasteiger partial charge on any atom is 0.321 e. The summed E-state index contributed by atoms with van der Waals surface area (Å²) < 4.78 is 1.10. The van der Waals surface area contributed by atoms with Crippen LogP contribution in [-0.2, 0) is 4.79 Å². The number of anilines is 1. The zero-order valence-electron chi connectivity index (χ0n) is 11.3. The van der Waals surface area contributed by atoms with E-state index in [2.05, 4.69) is 5.32 Å². The number of hydrogen-bond donors (Lipinski definition) is 2. The molecule has 1 unspecified atom stereocenters. The predicted molar refractivity (Wildman–Crippen MR) is 80.3 cm³/mol. The molecule has 1 heterocycles. The van der Waals surface area contributed by atoms with Crippen molar-refractivity contribution >= 4 is 39.1 Å². The lowest BCUT2D eigenvalue weighted by Crippen LogP contribution is -2.36. The Labute approximate surface area is 120 Å². The number of rotatable bonds is 4. The molecule has 0 spiro atoms. The molecule has 1 aromatic carbocycles. The maximum atomic E-state index is 12.0. The molecule has 106 valence electrons. The van der Waals surface area contributed by atoms with E-state index in [4.69, 9.17) is 5.11 Å². The monoisotopic (exact) mass is 292 g/mol. The summed E-state index contributed by atoms with van der Waals surface area (Å²) in [4.78, 5) is 24.2. The molecular weight excluding hydrogens is 276 g/mol. The normalized spacial score (nSPS) is 12.1. The van der Waals surface area contributed by atoms with E-state index in [1.54, 1.807) is 25.3 Å². The summed E-state index contributed by atoms with van der Waals surface area (Å²) in [5, 5.41) is 14.5. The number of benzene rings is 1. The van der Waals surface area contributed by atoms with Gasteiger partial charge in [0.05, 0.1) is 11.6 Å². The molecule has 2 rings (SSSR count). The topological polar surface area (TPSA) is 69.6 Å². The molecular formula is C14H16N2O3S. The van der Waals surface area contributed by atoms with Gasteiger partial charge in [-0.3, -0.25) is 4.79 Å². The summed E-state index contributed by atoms with van der Waals surface area (Å²) >= 11 is 1.56. The average Bonchev–Trinajstić information content (AvgIpc) is 2.82. The fraction of sp³-hybridized carbons (Fsp3) is 0.286. The number of carbonyl (C=O) groups excluding carboxylic acids is 1. The summed E-state index contributed by atoms with van der Waals surface area (Å²) in [7, 11) is 1.59. The number of urea groups is 1. The Bertz CT molecular complexity index is 638. The van der Waals surface area contributed by atoms with Gasteiger partial charge < -0.3 is 15.3 Å². The third kappa shape index (κ3) is 3.08. The quantitative estimate of drug-likeness (QED) is 0.909. The van der Waals surface area contributed by atoms with Crippen LogP contribution in [0.3, 0.4) is 0 Å². The fourth-order valence-electron chi connectivity index (χ4n) is 1.86. The van der Waals surface area contributed by atoms with Crippen molar-refractivity contribution in [3.05, 3.63) is 29.6 Å². The van der Waals surface area contributed by atoms with Gasteiger partial charge >= 0.3 is 12.0 Å². The summed E-state index contributed by atoms with van der Waals surface area (Å²) in [6.07, 6.45) is 0. The van der Waals surface area contributed by atoms with E-state index < -0.39 is 11.9 Å². The first-order valence-electron chi connectivity index (χ1n) is 6.20. The number of aliphatic carboxylic acids is 1. The average molecular weight is 292 g/mol. The minimum Gasteiger partial charge on any atom is -0.481 e. The third-order valence-corrected chi connectivity index (χ3v) is 4.00. The SMILES string of the molecule is CC(CN(C)C(=O)Nc1csc2ccccc12)C(=O)O. The van der Waals surface area contributed by atoms with Crippen LogP contribution in [0.4, 0.5) is 10.5 Å². The van der Waals surface area contributed by atoms with Crippen LogP contribution in [0.1, 0.15) is 6.92 Å². The number of hydrogen-bond acceptors (Lipinski definition) is 3. The van der Waals surface area contributed by atoms with Gasteiger partial charge in [-0.2, -0.15) is 0 Å². The van der Waals surface area contributed by atoms with Crippen LogP contribution in [0.2, 0.25) is 0 Å². The van der Waals surface area contributed by atoms with Gasteiger partial charge in [-0.25, -0.2) is 4.79 Å². The number of carbonyl (C=O) groups is 2. The molecule has 0 fully saturated rings. The van der Waals surface area contributed by atoms with Crippen molar-refractivity contribution < 1.29 is 14.7 Å². The van der Waals surface area contributed by atoms with E-state index in [9.17, 15) is 9.59 Å². The van der Waals surface area contributed by atoms with Crippen molar-refractivity contribution in [1.29, 1.82) is 0 Å². The van der Waals surface area contributed by atoms with Crippen LogP contribution in [-0.4, -0.2) is 35.6 Å². The summed E-state index contributed by atoms with van der Waals surface area (Å²) in [6, 6.07) is 7.50. The second-order valence-electron chi connectivity index (χ2n) is 4.70. The van der Waals surface area contributed by atoms with Gasteiger partial charge in [0.15, 0.2) is 0 Å². The Balaban J connectivity index is 2.06. The molecule has 2 aromatic rings. The molecule has 0 radical (unpaired) electrons. The maximum absolute atomic E-state index is 12.0. The minimum atomic E-state index is -0.911. The van der Waals surface area contributed by atoms with E-state index in [-0.39, 0.29) is 12.6 Å². The van der Waals surface area contributed by atoms with E-state index in [0.29, 0.717) is 0 Å². The van der Waals surface area contributed by atoms with Crippen LogP contribution in [0.5, 0.6) is 0 Å². The molecule has 1 aromatic heterocycles. The minimum absolute atomic E-state index is 0.170. The van der Waals surface area contributed by atoms with Gasteiger partial charge in [0.25, 0.3) is 0 Å². The highest BCUT2D eigenvalue weighted by Gasteiger charge is 2.18. The number of nitrogens with zero attached hydrogens (tertiary/aromatic N) is 1. The van der Waals surface area contributed by atoms with Gasteiger partial charge in [0.1, 0.15) is 0 Å². The van der Waals surface area contributed by atoms with Crippen molar-refractivity contribution in [2.45, 2.75) is 6.92 Å². The lowest BCUT2D eigenvalue weighted by Gasteiger charge is -2.19. The number of thiophene rings is 1. The number of nitrogens with one attached hydrogen (secondary N) is 1. The molecule has 0 saturated heterocycles. The van der Waals surface area contributed by atoms with Gasteiger partial charge in [-0.05, 0) is 6.07 Å². The molecule has 0 saturated carbocycles. The van der Waals surface area contributed by atoms with Crippen LogP contribution in [0, 0.1) is 5.92 Å². The first kappa shape index (κ1) is 14.3. The highest BCUT2D eigenvalue weighted by molar-refractivity contribution is 7.17. The summed E-state index contributed by atoms with van der Waals surface area (Å²) in [5.41, 5.74) is 0.755. The predicted octanol–water partition coefficient (Wildman–Crippen LogP) is 3.09. The van der Waals surface area contributed by atoms with E-state index in [0.717, 1.165) is 15.8 Å². The number of fused-ring (bicyclic) bond motifs is 1. The van der Waals surface area contributed by atoms with Gasteiger partial charge in [0, 0.05) is 29.1 Å². The largest absolute Gasteiger partial charge is 0.481 e. The van der Waals surface area contributed by atoms with Crippen molar-refractivity contribution in [2.24, 2.45) is 5.92 Å². The van der Waals surface area contributed by atoms with Crippen LogP contribution < -0.4 is 5.32 Å². The Morgan fingerprint density at radius 3 is 2.80 bits per heavy atom. The molecule has 2 N–H and O–H groups in total. The summed E-state index contributed by atoms with van der Waals surface area (Å²) in [6.45, 7) is 1.75. The van der Waals surface area contributed by atoms with Crippen LogP contribution >= 0.6 is 11.3 Å². The van der Waals surface area contributed by atoms with Crippen molar-refractivity contribution in [3.8, 4) is 0 Å². The Kier molecular flexibility index (Phi) is 4.24. The van der Waals surface area contributed by atoms with E-state index in [1.165, 1.54) is 4.90 Å². The standard InChI is InChI=1S/C14H16N2O3S/c1-9(13(17)18)7-16(2)14(19)15-11-8-20-12-6-4-3-5-10(11)12/h3-6,8-9H,7H2,1-2H3,(H,15,19)(H,17,18). The molecule has 0 aliphatic heterocycles. The second kappa shape index (κ2) is 5.92. The number of carboxylic acid groups (broad SMARTS) is 1. The molecule has 2 amide bonds. The van der Waals surface area contributed by atoms with E-state index in [1.807, 2.05) is 29.6 Å². The third-order valence-electron chi connectivity index (χ3n) is 3.04. The van der Waals surface area contributed by atoms with Gasteiger partial charge in [0.2, 0.25) is 0 Å². The number of amides is 2. The summed E-state index contributed by atoms with van der Waals surface area (Å²) in [5.74, 6) is -1.50. The number of carboxylic acids is 1. The first-order valence-corrected chi connectivity index (χ1v) is 7.08. The molecule has 1 atom stereocenters. The zero-order chi connectivity index (χ0) is 14.7. The van der Waals surface area contributed by atoms with Gasteiger partial charge in [-0.1, -0.05) is 25.1 Å². The smallest absolute Gasteiger partial charge is 0.321 e. The molecule has 0 aliphatic rings. The molecule has 20 heavy (non-hydrogen) atoms. The highest BCUT2D eigenvalue weighted by Crippen LogP contribution is 2.29. The van der Waals surface area contributed by atoms with Crippen LogP contribution in [0.15, 0.2) is 29.6 Å². The highest BCUT2D eigenvalue weighted by atomic mass is 32.1. The molecule has 5 nitrogen and oxygen atoms in total. The fourth-order valence-corrected chi connectivity index (χ4v) is 2.75. The Morgan fingerprint density at radius 1 is 1.40 bits per heavy atom. The second-order valence-corrected chi connectivity index (χ2v) is 5.61. The molecule has 6 heteroatoms. The zero-order valence-corrected chi connectivity index (χ0v) is 12.1. The van der Waals surface area contributed by atoms with Gasteiger partial charge in [-0.15, -0.1) is 11.3 Å². The molecule has 0 aliphatic carbocycles. The van der Waals surface area contributed by atoms with E-state index >= 15 is 0 Å².